The summed E-state index contributed by atoms with van der Waals surface area (Å²) in [7, 11) is 0. The maximum atomic E-state index is 13.7. The van der Waals surface area contributed by atoms with Crippen LogP contribution in [0.15, 0.2) is 65.6 Å². The lowest BCUT2D eigenvalue weighted by Crippen LogP contribution is -2.28. The first-order chi connectivity index (χ1) is 18.0. The summed E-state index contributed by atoms with van der Waals surface area (Å²) in [5, 5.41) is 4.11. The molecule has 2 aromatic heterocycles. The van der Waals surface area contributed by atoms with Crippen LogP contribution in [0.25, 0.3) is 11.0 Å². The molecule has 2 aliphatic rings. The van der Waals surface area contributed by atoms with Crippen LogP contribution in [0.3, 0.4) is 0 Å². The van der Waals surface area contributed by atoms with Gasteiger partial charge < -0.3 is 10.1 Å². The van der Waals surface area contributed by atoms with E-state index in [2.05, 4.69) is 41.5 Å². The Bertz CT molecular complexity index is 1510. The maximum absolute atomic E-state index is 13.7. The molecule has 1 saturated heterocycles. The molecule has 0 bridgehead atoms. The monoisotopic (exact) mass is 495 g/mol. The highest BCUT2D eigenvalue weighted by atomic mass is 16.6. The molecule has 0 atom stereocenters. The number of aromatic nitrogens is 3. The lowest BCUT2D eigenvalue weighted by Gasteiger charge is -2.18. The Morgan fingerprint density at radius 1 is 1.03 bits per heavy atom. The molecule has 2 aromatic carbocycles. The van der Waals surface area contributed by atoms with Crippen LogP contribution in [-0.4, -0.2) is 33.8 Å². The zero-order valence-electron chi connectivity index (χ0n) is 20.8. The molecule has 0 radical (unpaired) electrons. The van der Waals surface area contributed by atoms with Crippen LogP contribution in [0.5, 0.6) is 0 Å². The first-order valence-corrected chi connectivity index (χ1v) is 12.8. The van der Waals surface area contributed by atoms with Crippen molar-refractivity contribution in [2.75, 3.05) is 23.4 Å². The number of carbonyl (C=O) groups excluding carboxylic acids is 1. The highest BCUT2D eigenvalue weighted by Gasteiger charge is 2.24. The van der Waals surface area contributed by atoms with E-state index in [1.165, 1.54) is 5.56 Å². The van der Waals surface area contributed by atoms with Crippen molar-refractivity contribution >= 4 is 34.4 Å². The number of carbonyl (C=O) groups is 1. The van der Waals surface area contributed by atoms with Crippen molar-refractivity contribution in [3.63, 3.8) is 0 Å². The van der Waals surface area contributed by atoms with Crippen molar-refractivity contribution in [2.45, 2.75) is 45.1 Å². The Labute approximate surface area is 214 Å². The fourth-order valence-electron chi connectivity index (χ4n) is 5.27. The minimum atomic E-state index is -0.329. The van der Waals surface area contributed by atoms with E-state index in [0.29, 0.717) is 31.2 Å². The molecule has 1 aliphatic carbocycles. The van der Waals surface area contributed by atoms with Crippen molar-refractivity contribution in [3.05, 3.63) is 87.8 Å². The summed E-state index contributed by atoms with van der Waals surface area (Å²) >= 11 is 0. The number of pyridine rings is 1. The normalized spacial score (nSPS) is 15.9. The van der Waals surface area contributed by atoms with Gasteiger partial charge in [0.1, 0.15) is 12.3 Å². The van der Waals surface area contributed by atoms with Crippen molar-refractivity contribution in [1.82, 2.24) is 14.5 Å². The molecule has 1 saturated carbocycles. The van der Waals surface area contributed by atoms with Crippen LogP contribution in [0.2, 0.25) is 0 Å². The van der Waals surface area contributed by atoms with Crippen LogP contribution in [0, 0.1) is 6.92 Å². The van der Waals surface area contributed by atoms with Crippen molar-refractivity contribution in [3.8, 4) is 0 Å². The number of cyclic esters (lactones) is 1. The first kappa shape index (κ1) is 23.2. The molecule has 37 heavy (non-hydrogen) atoms. The van der Waals surface area contributed by atoms with Gasteiger partial charge in [-0.15, -0.1) is 0 Å². The molecule has 0 spiro atoms. The molecule has 6 rings (SSSR count). The molecular formula is C29H29N5O3. The quantitative estimate of drug-likeness (QED) is 0.380. The van der Waals surface area contributed by atoms with Gasteiger partial charge in [-0.1, -0.05) is 42.7 Å². The van der Waals surface area contributed by atoms with Gasteiger partial charge in [-0.05, 0) is 55.7 Å². The maximum Gasteiger partial charge on any atom is 0.414 e. The Hall–Kier alpha value is -4.20. The van der Waals surface area contributed by atoms with Gasteiger partial charge in [0.2, 0.25) is 5.95 Å². The lowest BCUT2D eigenvalue weighted by molar-refractivity contribution is 0.181. The zero-order valence-corrected chi connectivity index (χ0v) is 20.8. The summed E-state index contributed by atoms with van der Waals surface area (Å²) in [6.07, 6.45) is 6.25. The van der Waals surface area contributed by atoms with E-state index in [9.17, 15) is 9.59 Å². The van der Waals surface area contributed by atoms with Gasteiger partial charge in [-0.3, -0.25) is 14.3 Å². The van der Waals surface area contributed by atoms with E-state index in [1.54, 1.807) is 11.1 Å². The van der Waals surface area contributed by atoms with Gasteiger partial charge in [-0.25, -0.2) is 9.78 Å². The molecule has 1 aliphatic heterocycles. The summed E-state index contributed by atoms with van der Waals surface area (Å²) < 4.78 is 6.92. The first-order valence-electron chi connectivity index (χ1n) is 12.8. The molecule has 8 heteroatoms. The fraction of sp³-hybridized carbons (Fsp3) is 0.310. The molecule has 0 unspecified atom stereocenters. The highest BCUT2D eigenvalue weighted by Crippen LogP contribution is 2.31. The predicted octanol–water partition coefficient (Wildman–Crippen LogP) is 5.51. The zero-order chi connectivity index (χ0) is 25.4. The third-order valence-electron chi connectivity index (χ3n) is 7.25. The van der Waals surface area contributed by atoms with Gasteiger partial charge >= 0.3 is 6.09 Å². The second kappa shape index (κ2) is 9.69. The van der Waals surface area contributed by atoms with E-state index >= 15 is 0 Å². The van der Waals surface area contributed by atoms with Crippen molar-refractivity contribution in [1.29, 1.82) is 0 Å². The summed E-state index contributed by atoms with van der Waals surface area (Å²) in [5.41, 5.74) is 5.36. The van der Waals surface area contributed by atoms with Gasteiger partial charge in [0, 0.05) is 41.0 Å². The van der Waals surface area contributed by atoms with E-state index in [0.717, 1.165) is 53.6 Å². The summed E-state index contributed by atoms with van der Waals surface area (Å²) in [5.74, 6) is 0.429. The highest BCUT2D eigenvalue weighted by molar-refractivity contribution is 5.89. The minimum absolute atomic E-state index is 0.0338. The molecule has 8 nitrogen and oxygen atoms in total. The van der Waals surface area contributed by atoms with Gasteiger partial charge in [0.25, 0.3) is 5.56 Å². The number of anilines is 3. The number of rotatable bonds is 6. The summed E-state index contributed by atoms with van der Waals surface area (Å²) in [6.45, 7) is 3.01. The average molecular weight is 496 g/mol. The Morgan fingerprint density at radius 3 is 2.49 bits per heavy atom. The number of hydrogen-bond donors (Lipinski definition) is 1. The molecule has 1 amide bonds. The third-order valence-corrected chi connectivity index (χ3v) is 7.25. The van der Waals surface area contributed by atoms with E-state index < -0.39 is 0 Å². The number of ether oxygens (including phenoxy) is 1. The van der Waals surface area contributed by atoms with E-state index in [-0.39, 0.29) is 17.7 Å². The van der Waals surface area contributed by atoms with Crippen LogP contribution in [0.4, 0.5) is 22.1 Å². The van der Waals surface area contributed by atoms with Gasteiger partial charge in [-0.2, -0.15) is 4.98 Å². The number of amides is 1. The van der Waals surface area contributed by atoms with Crippen LogP contribution < -0.4 is 15.8 Å². The second-order valence-corrected chi connectivity index (χ2v) is 9.86. The smallest absolute Gasteiger partial charge is 0.414 e. The standard InChI is InChI=1S/C29H29N5O3/c1-19-6-8-20(9-7-19)16-21-17-22-18-30-28(32-26(22)34(27(21)35)25-4-2-3-5-25)31-23-10-12-24(13-11-23)33-14-15-37-29(33)36/h6-13,17-18,25H,2-5,14-16H2,1H3,(H,30,31,32). The van der Waals surface area contributed by atoms with Gasteiger partial charge in [0.15, 0.2) is 0 Å². The average Bonchev–Trinajstić information content (AvgIpc) is 3.59. The molecule has 1 N–H and O–H groups in total. The van der Waals surface area contributed by atoms with Gasteiger partial charge in [0.05, 0.1) is 6.54 Å². The Kier molecular flexibility index (Phi) is 6.08. The largest absolute Gasteiger partial charge is 0.447 e. The fourth-order valence-corrected chi connectivity index (χ4v) is 5.27. The summed E-state index contributed by atoms with van der Waals surface area (Å²) in [6, 6.07) is 17.9. The van der Waals surface area contributed by atoms with E-state index in [4.69, 9.17) is 9.72 Å². The molecule has 188 valence electrons. The Morgan fingerprint density at radius 2 is 1.78 bits per heavy atom. The summed E-state index contributed by atoms with van der Waals surface area (Å²) in [4.78, 5) is 36.5. The molecule has 2 fully saturated rings. The van der Waals surface area contributed by atoms with Crippen LogP contribution in [-0.2, 0) is 11.2 Å². The van der Waals surface area contributed by atoms with Crippen LogP contribution in [0.1, 0.15) is 48.4 Å². The number of hydrogen-bond acceptors (Lipinski definition) is 6. The number of nitrogens with zero attached hydrogens (tertiary/aromatic N) is 4. The molecular weight excluding hydrogens is 466 g/mol. The van der Waals surface area contributed by atoms with Crippen molar-refractivity contribution in [2.24, 2.45) is 0 Å². The number of aryl methyl sites for hydroxylation is 1. The second-order valence-electron chi connectivity index (χ2n) is 9.86. The molecule has 4 aromatic rings. The minimum Gasteiger partial charge on any atom is -0.447 e. The predicted molar refractivity (Wildman–Crippen MR) is 144 cm³/mol. The number of benzene rings is 2. The topological polar surface area (TPSA) is 89.3 Å². The SMILES string of the molecule is Cc1ccc(Cc2cc3cnc(Nc4ccc(N5CCOC5=O)cc4)nc3n(C3CCCC3)c2=O)cc1. The lowest BCUT2D eigenvalue weighted by atomic mass is 10.0. The number of nitrogens with one attached hydrogen (secondary N) is 1. The van der Waals surface area contributed by atoms with Crippen LogP contribution >= 0.6 is 0 Å². The van der Waals surface area contributed by atoms with Crippen molar-refractivity contribution < 1.29 is 9.53 Å². The number of fused-ring (bicyclic) bond motifs is 1. The van der Waals surface area contributed by atoms with E-state index in [1.807, 2.05) is 34.9 Å². The third kappa shape index (κ3) is 4.67. The molecule has 3 heterocycles. The Balaban J connectivity index is 1.33.